The van der Waals surface area contributed by atoms with Gasteiger partial charge in [-0.15, -0.1) is 0 Å². The van der Waals surface area contributed by atoms with E-state index in [4.69, 9.17) is 9.47 Å². The van der Waals surface area contributed by atoms with E-state index in [1.165, 1.54) is 12.8 Å². The van der Waals surface area contributed by atoms with Crippen LogP contribution in [0.2, 0.25) is 0 Å². The van der Waals surface area contributed by atoms with Crippen LogP contribution in [0.3, 0.4) is 0 Å². The van der Waals surface area contributed by atoms with Gasteiger partial charge in [-0.3, -0.25) is 0 Å². The number of benzene rings is 1. The average molecular weight is 245 g/mol. The van der Waals surface area contributed by atoms with Crippen LogP contribution < -0.4 is 14.8 Å². The zero-order valence-corrected chi connectivity index (χ0v) is 10.4. The molecule has 0 unspecified atom stereocenters. The van der Waals surface area contributed by atoms with E-state index in [0.29, 0.717) is 17.5 Å². The molecule has 0 radical (unpaired) electrons. The summed E-state index contributed by atoms with van der Waals surface area (Å²) in [6.07, 6.45) is 3.98. The molecule has 5 heteroatoms. The Labute approximate surface area is 105 Å². The summed E-state index contributed by atoms with van der Waals surface area (Å²) in [5, 5.41) is 4.36. The van der Waals surface area contributed by atoms with Crippen LogP contribution in [0.15, 0.2) is 18.5 Å². The van der Waals surface area contributed by atoms with E-state index in [0.717, 1.165) is 16.7 Å². The van der Waals surface area contributed by atoms with E-state index in [1.807, 2.05) is 12.1 Å². The Kier molecular flexibility index (Phi) is 2.66. The van der Waals surface area contributed by atoms with Gasteiger partial charge in [0.15, 0.2) is 11.5 Å². The second-order valence-electron chi connectivity index (χ2n) is 4.37. The lowest BCUT2D eigenvalue weighted by Gasteiger charge is -2.11. The third kappa shape index (κ3) is 1.92. The smallest absolute Gasteiger partial charge is 0.162 e. The van der Waals surface area contributed by atoms with Crippen LogP contribution in [0.1, 0.15) is 12.8 Å². The molecule has 2 aromatic rings. The number of aromatic nitrogens is 2. The Hall–Kier alpha value is -2.04. The molecular formula is C13H15N3O2. The van der Waals surface area contributed by atoms with Gasteiger partial charge in [0, 0.05) is 17.5 Å². The van der Waals surface area contributed by atoms with E-state index in [-0.39, 0.29) is 0 Å². The monoisotopic (exact) mass is 245 g/mol. The predicted molar refractivity (Wildman–Crippen MR) is 69.3 cm³/mol. The maximum atomic E-state index is 5.31. The summed E-state index contributed by atoms with van der Waals surface area (Å²) in [6.45, 7) is 0. The first kappa shape index (κ1) is 11.1. The van der Waals surface area contributed by atoms with Crippen molar-refractivity contribution in [2.75, 3.05) is 19.5 Å². The zero-order chi connectivity index (χ0) is 12.5. The molecule has 0 spiro atoms. The Morgan fingerprint density at radius 2 is 1.83 bits per heavy atom. The number of ether oxygens (including phenoxy) is 2. The molecule has 1 aromatic carbocycles. The van der Waals surface area contributed by atoms with Gasteiger partial charge in [-0.05, 0) is 18.9 Å². The third-order valence-corrected chi connectivity index (χ3v) is 3.06. The maximum Gasteiger partial charge on any atom is 0.162 e. The average Bonchev–Trinajstić information content (AvgIpc) is 3.21. The molecule has 1 fully saturated rings. The number of methoxy groups -OCH3 is 2. The van der Waals surface area contributed by atoms with Crippen LogP contribution in [0, 0.1) is 0 Å². The van der Waals surface area contributed by atoms with Gasteiger partial charge in [-0.25, -0.2) is 9.97 Å². The molecule has 1 aliphatic rings. The molecule has 0 amide bonds. The first-order chi connectivity index (χ1) is 8.81. The van der Waals surface area contributed by atoms with Crippen molar-refractivity contribution in [1.82, 2.24) is 9.97 Å². The van der Waals surface area contributed by atoms with E-state index < -0.39 is 0 Å². The maximum absolute atomic E-state index is 5.31. The topological polar surface area (TPSA) is 56.3 Å². The summed E-state index contributed by atoms with van der Waals surface area (Å²) in [4.78, 5) is 8.57. The molecule has 1 N–H and O–H groups in total. The highest BCUT2D eigenvalue weighted by molar-refractivity contribution is 5.91. The first-order valence-electron chi connectivity index (χ1n) is 5.95. The van der Waals surface area contributed by atoms with Gasteiger partial charge in [0.2, 0.25) is 0 Å². The fraction of sp³-hybridized carbons (Fsp3) is 0.385. The molecule has 1 aromatic heterocycles. The van der Waals surface area contributed by atoms with Crippen molar-refractivity contribution in [3.8, 4) is 11.5 Å². The molecule has 1 saturated carbocycles. The largest absolute Gasteiger partial charge is 0.493 e. The number of rotatable bonds is 4. The molecule has 0 saturated heterocycles. The molecule has 5 nitrogen and oxygen atoms in total. The van der Waals surface area contributed by atoms with Gasteiger partial charge in [0.1, 0.15) is 12.1 Å². The fourth-order valence-corrected chi connectivity index (χ4v) is 1.92. The lowest BCUT2D eigenvalue weighted by molar-refractivity contribution is 0.356. The van der Waals surface area contributed by atoms with Crippen LogP contribution in [0.4, 0.5) is 5.82 Å². The summed E-state index contributed by atoms with van der Waals surface area (Å²) >= 11 is 0. The molecule has 1 aliphatic carbocycles. The van der Waals surface area contributed by atoms with Gasteiger partial charge in [0.25, 0.3) is 0 Å². The highest BCUT2D eigenvalue weighted by Crippen LogP contribution is 2.35. The summed E-state index contributed by atoms with van der Waals surface area (Å²) in [5.74, 6) is 2.24. The molecule has 0 atom stereocenters. The fourth-order valence-electron chi connectivity index (χ4n) is 1.92. The lowest BCUT2D eigenvalue weighted by atomic mass is 10.2. The number of nitrogens with zero attached hydrogens (tertiary/aromatic N) is 2. The lowest BCUT2D eigenvalue weighted by Crippen LogP contribution is -2.04. The van der Waals surface area contributed by atoms with Gasteiger partial charge in [0.05, 0.1) is 19.7 Å². The highest BCUT2D eigenvalue weighted by atomic mass is 16.5. The molecule has 94 valence electrons. The van der Waals surface area contributed by atoms with Gasteiger partial charge >= 0.3 is 0 Å². The van der Waals surface area contributed by atoms with E-state index in [9.17, 15) is 0 Å². The minimum Gasteiger partial charge on any atom is -0.493 e. The molecule has 3 rings (SSSR count). The van der Waals surface area contributed by atoms with Crippen LogP contribution in [-0.2, 0) is 0 Å². The van der Waals surface area contributed by atoms with Crippen LogP contribution >= 0.6 is 0 Å². The summed E-state index contributed by atoms with van der Waals surface area (Å²) in [6, 6.07) is 4.34. The first-order valence-corrected chi connectivity index (χ1v) is 5.95. The van der Waals surface area contributed by atoms with Crippen molar-refractivity contribution in [1.29, 1.82) is 0 Å². The van der Waals surface area contributed by atoms with E-state index in [1.54, 1.807) is 20.5 Å². The van der Waals surface area contributed by atoms with Crippen LogP contribution in [0.25, 0.3) is 10.9 Å². The Bertz CT molecular complexity index is 582. The van der Waals surface area contributed by atoms with Crippen molar-refractivity contribution in [2.45, 2.75) is 18.9 Å². The van der Waals surface area contributed by atoms with Crippen molar-refractivity contribution in [3.05, 3.63) is 18.5 Å². The second kappa shape index (κ2) is 4.33. The number of nitrogens with one attached hydrogen (secondary N) is 1. The second-order valence-corrected chi connectivity index (χ2v) is 4.37. The molecular weight excluding hydrogens is 230 g/mol. The molecule has 0 aliphatic heterocycles. The summed E-state index contributed by atoms with van der Waals surface area (Å²) in [5.41, 5.74) is 0.853. The number of fused-ring (bicyclic) bond motifs is 1. The normalized spacial score (nSPS) is 14.6. The van der Waals surface area contributed by atoms with E-state index >= 15 is 0 Å². The molecule has 0 bridgehead atoms. The van der Waals surface area contributed by atoms with Crippen molar-refractivity contribution >= 4 is 16.7 Å². The Balaban J connectivity index is 2.13. The van der Waals surface area contributed by atoms with Gasteiger partial charge < -0.3 is 14.8 Å². The minimum atomic E-state index is 0.552. The summed E-state index contributed by atoms with van der Waals surface area (Å²) in [7, 11) is 3.25. The van der Waals surface area contributed by atoms with Crippen molar-refractivity contribution in [2.24, 2.45) is 0 Å². The number of hydrogen-bond donors (Lipinski definition) is 1. The number of anilines is 1. The van der Waals surface area contributed by atoms with Gasteiger partial charge in [-0.1, -0.05) is 0 Å². The SMILES string of the molecule is COc1cc2ncnc(NC3CC3)c2cc1OC. The highest BCUT2D eigenvalue weighted by Gasteiger charge is 2.22. The minimum absolute atomic E-state index is 0.552. The van der Waals surface area contributed by atoms with Crippen molar-refractivity contribution < 1.29 is 9.47 Å². The number of hydrogen-bond acceptors (Lipinski definition) is 5. The van der Waals surface area contributed by atoms with E-state index in [2.05, 4.69) is 15.3 Å². The predicted octanol–water partition coefficient (Wildman–Crippen LogP) is 2.22. The quantitative estimate of drug-likeness (QED) is 0.895. The standard InChI is InChI=1S/C13H15N3O2/c1-17-11-5-9-10(6-12(11)18-2)14-7-15-13(9)16-8-3-4-8/h5-8H,3-4H2,1-2H3,(H,14,15,16). The van der Waals surface area contributed by atoms with Gasteiger partial charge in [-0.2, -0.15) is 0 Å². The Morgan fingerprint density at radius 1 is 1.11 bits per heavy atom. The van der Waals surface area contributed by atoms with Crippen LogP contribution in [0.5, 0.6) is 11.5 Å². The Morgan fingerprint density at radius 3 is 2.50 bits per heavy atom. The third-order valence-electron chi connectivity index (χ3n) is 3.06. The molecule has 1 heterocycles. The molecule has 18 heavy (non-hydrogen) atoms. The zero-order valence-electron chi connectivity index (χ0n) is 10.4. The van der Waals surface area contributed by atoms with Crippen molar-refractivity contribution in [3.63, 3.8) is 0 Å². The van der Waals surface area contributed by atoms with Crippen LogP contribution in [-0.4, -0.2) is 30.2 Å². The summed E-state index contributed by atoms with van der Waals surface area (Å²) < 4.78 is 10.6.